The van der Waals surface area contributed by atoms with Crippen molar-refractivity contribution in [3.8, 4) is 0 Å². The van der Waals surface area contributed by atoms with Gasteiger partial charge in [-0.1, -0.05) is 18.2 Å². The zero-order chi connectivity index (χ0) is 10.7. The van der Waals surface area contributed by atoms with Crippen molar-refractivity contribution in [1.82, 2.24) is 0 Å². The van der Waals surface area contributed by atoms with Crippen LogP contribution in [0.5, 0.6) is 0 Å². The van der Waals surface area contributed by atoms with Crippen LogP contribution in [0, 0.1) is 5.82 Å². The SMILES string of the molecule is OC1(Cc2ccccc2F)CCSCC1. The number of hydrogen-bond donors (Lipinski definition) is 1. The maximum absolute atomic E-state index is 13.4. The molecule has 1 aromatic rings. The second-order valence-corrected chi connectivity index (χ2v) is 5.33. The summed E-state index contributed by atoms with van der Waals surface area (Å²) in [5.74, 6) is 1.75. The number of hydrogen-bond acceptors (Lipinski definition) is 2. The van der Waals surface area contributed by atoms with E-state index in [1.54, 1.807) is 12.1 Å². The Morgan fingerprint density at radius 3 is 2.60 bits per heavy atom. The van der Waals surface area contributed by atoms with Crippen LogP contribution in [0.2, 0.25) is 0 Å². The van der Waals surface area contributed by atoms with Crippen molar-refractivity contribution in [3.05, 3.63) is 35.6 Å². The zero-order valence-corrected chi connectivity index (χ0v) is 9.39. The Kier molecular flexibility index (Phi) is 3.32. The molecule has 0 aliphatic carbocycles. The highest BCUT2D eigenvalue weighted by Gasteiger charge is 2.30. The molecule has 1 fully saturated rings. The molecule has 1 N–H and O–H groups in total. The van der Waals surface area contributed by atoms with Crippen molar-refractivity contribution in [2.75, 3.05) is 11.5 Å². The summed E-state index contributed by atoms with van der Waals surface area (Å²) in [7, 11) is 0. The van der Waals surface area contributed by atoms with Crippen LogP contribution in [-0.4, -0.2) is 22.2 Å². The van der Waals surface area contributed by atoms with Crippen molar-refractivity contribution in [2.45, 2.75) is 24.9 Å². The van der Waals surface area contributed by atoms with Crippen molar-refractivity contribution in [3.63, 3.8) is 0 Å². The summed E-state index contributed by atoms with van der Waals surface area (Å²) in [6, 6.07) is 6.71. The smallest absolute Gasteiger partial charge is 0.126 e. The number of halogens is 1. The molecule has 82 valence electrons. The highest BCUT2D eigenvalue weighted by atomic mass is 32.2. The highest BCUT2D eigenvalue weighted by molar-refractivity contribution is 7.99. The molecule has 1 nitrogen and oxygen atoms in total. The minimum atomic E-state index is -0.687. The van der Waals surface area contributed by atoms with Gasteiger partial charge in [-0.2, -0.15) is 11.8 Å². The van der Waals surface area contributed by atoms with Crippen molar-refractivity contribution in [2.24, 2.45) is 0 Å². The first-order chi connectivity index (χ1) is 7.20. The van der Waals surface area contributed by atoms with Gasteiger partial charge in [0.25, 0.3) is 0 Å². The van der Waals surface area contributed by atoms with Crippen LogP contribution in [0.1, 0.15) is 18.4 Å². The lowest BCUT2D eigenvalue weighted by atomic mass is 9.89. The van der Waals surface area contributed by atoms with Gasteiger partial charge in [-0.3, -0.25) is 0 Å². The Balaban J connectivity index is 2.10. The van der Waals surface area contributed by atoms with E-state index in [-0.39, 0.29) is 5.82 Å². The molecular weight excluding hydrogens is 211 g/mol. The molecule has 1 aromatic carbocycles. The van der Waals surface area contributed by atoms with Gasteiger partial charge in [0, 0.05) is 6.42 Å². The van der Waals surface area contributed by atoms with Crippen molar-refractivity contribution >= 4 is 11.8 Å². The summed E-state index contributed by atoms with van der Waals surface area (Å²) >= 11 is 1.86. The molecule has 1 aliphatic rings. The third kappa shape index (κ3) is 2.73. The summed E-state index contributed by atoms with van der Waals surface area (Å²) in [6.45, 7) is 0. The van der Waals surface area contributed by atoms with Crippen LogP contribution >= 0.6 is 11.8 Å². The first-order valence-corrected chi connectivity index (χ1v) is 6.39. The van der Waals surface area contributed by atoms with Gasteiger partial charge in [0.2, 0.25) is 0 Å². The molecular formula is C12H15FOS. The van der Waals surface area contributed by atoms with Crippen molar-refractivity contribution < 1.29 is 9.50 Å². The van der Waals surface area contributed by atoms with Gasteiger partial charge < -0.3 is 5.11 Å². The fourth-order valence-electron chi connectivity index (χ4n) is 1.92. The van der Waals surface area contributed by atoms with Crippen LogP contribution in [0.3, 0.4) is 0 Å². The van der Waals surface area contributed by atoms with Gasteiger partial charge in [-0.25, -0.2) is 4.39 Å². The summed E-state index contributed by atoms with van der Waals surface area (Å²) < 4.78 is 13.4. The molecule has 1 heterocycles. The van der Waals surface area contributed by atoms with E-state index in [9.17, 15) is 9.50 Å². The zero-order valence-electron chi connectivity index (χ0n) is 8.58. The first kappa shape index (κ1) is 11.0. The van der Waals surface area contributed by atoms with E-state index in [4.69, 9.17) is 0 Å². The topological polar surface area (TPSA) is 20.2 Å². The molecule has 0 unspecified atom stereocenters. The number of aliphatic hydroxyl groups is 1. The molecule has 1 aliphatic heterocycles. The number of thioether (sulfide) groups is 1. The molecule has 0 radical (unpaired) electrons. The molecule has 15 heavy (non-hydrogen) atoms. The maximum atomic E-state index is 13.4. The third-order valence-corrected chi connectivity index (χ3v) is 3.89. The Labute approximate surface area is 93.7 Å². The monoisotopic (exact) mass is 226 g/mol. The molecule has 0 atom stereocenters. The van der Waals surface area contributed by atoms with Crippen molar-refractivity contribution in [1.29, 1.82) is 0 Å². The fraction of sp³-hybridized carbons (Fsp3) is 0.500. The molecule has 1 saturated heterocycles. The Bertz CT molecular complexity index is 334. The molecule has 0 aromatic heterocycles. The number of benzene rings is 1. The second kappa shape index (κ2) is 4.54. The lowest BCUT2D eigenvalue weighted by molar-refractivity contribution is 0.0316. The first-order valence-electron chi connectivity index (χ1n) is 5.23. The Morgan fingerprint density at radius 1 is 1.27 bits per heavy atom. The van der Waals surface area contributed by atoms with Crippen LogP contribution in [-0.2, 0) is 6.42 Å². The van der Waals surface area contributed by atoms with Crippen LogP contribution in [0.15, 0.2) is 24.3 Å². The second-order valence-electron chi connectivity index (χ2n) is 4.10. The van der Waals surface area contributed by atoms with E-state index in [0.29, 0.717) is 12.0 Å². The Morgan fingerprint density at radius 2 is 1.93 bits per heavy atom. The van der Waals surface area contributed by atoms with Crippen LogP contribution in [0.25, 0.3) is 0 Å². The van der Waals surface area contributed by atoms with Gasteiger partial charge in [0.1, 0.15) is 5.82 Å². The van der Waals surface area contributed by atoms with Gasteiger partial charge in [0.05, 0.1) is 5.60 Å². The fourth-order valence-corrected chi connectivity index (χ4v) is 3.18. The van der Waals surface area contributed by atoms with E-state index in [2.05, 4.69) is 0 Å². The van der Waals surface area contributed by atoms with E-state index in [0.717, 1.165) is 24.3 Å². The van der Waals surface area contributed by atoms with E-state index < -0.39 is 5.60 Å². The van der Waals surface area contributed by atoms with Gasteiger partial charge in [0.15, 0.2) is 0 Å². The lowest BCUT2D eigenvalue weighted by Crippen LogP contribution is -2.35. The molecule has 0 amide bonds. The predicted molar refractivity (Wildman–Crippen MR) is 61.6 cm³/mol. The van der Waals surface area contributed by atoms with Gasteiger partial charge >= 0.3 is 0 Å². The molecule has 2 rings (SSSR count). The van der Waals surface area contributed by atoms with Crippen LogP contribution < -0.4 is 0 Å². The van der Waals surface area contributed by atoms with E-state index >= 15 is 0 Å². The largest absolute Gasteiger partial charge is 0.389 e. The lowest BCUT2D eigenvalue weighted by Gasteiger charge is -2.31. The Hall–Kier alpha value is -0.540. The van der Waals surface area contributed by atoms with Gasteiger partial charge in [-0.05, 0) is 36.0 Å². The molecule has 3 heteroatoms. The minimum absolute atomic E-state index is 0.204. The minimum Gasteiger partial charge on any atom is -0.389 e. The van der Waals surface area contributed by atoms with Crippen LogP contribution in [0.4, 0.5) is 4.39 Å². The average molecular weight is 226 g/mol. The highest BCUT2D eigenvalue weighted by Crippen LogP contribution is 2.30. The predicted octanol–water partition coefficient (Wildman–Crippen LogP) is 2.63. The summed E-state index contributed by atoms with van der Waals surface area (Å²) in [5.41, 5.74) is -0.0557. The number of rotatable bonds is 2. The standard InChI is InChI=1S/C12H15FOS/c13-11-4-2-1-3-10(11)9-12(14)5-7-15-8-6-12/h1-4,14H,5-9H2. The molecule has 0 saturated carbocycles. The maximum Gasteiger partial charge on any atom is 0.126 e. The molecule has 0 spiro atoms. The van der Waals surface area contributed by atoms with E-state index in [1.807, 2.05) is 17.8 Å². The summed E-state index contributed by atoms with van der Waals surface area (Å²) in [6.07, 6.45) is 1.98. The van der Waals surface area contributed by atoms with E-state index in [1.165, 1.54) is 6.07 Å². The van der Waals surface area contributed by atoms with Gasteiger partial charge in [-0.15, -0.1) is 0 Å². The summed E-state index contributed by atoms with van der Waals surface area (Å²) in [5, 5.41) is 10.3. The third-order valence-electron chi connectivity index (χ3n) is 2.90. The normalized spacial score (nSPS) is 20.1. The molecule has 0 bridgehead atoms. The quantitative estimate of drug-likeness (QED) is 0.836. The average Bonchev–Trinajstić information content (AvgIpc) is 2.22. The summed E-state index contributed by atoms with van der Waals surface area (Å²) in [4.78, 5) is 0.